The van der Waals surface area contributed by atoms with Crippen molar-refractivity contribution in [2.45, 2.75) is 25.5 Å². The second kappa shape index (κ2) is 6.48. The zero-order valence-electron chi connectivity index (χ0n) is 14.2. The molecule has 2 heterocycles. The molecule has 1 aromatic carbocycles. The molecule has 1 atom stereocenters. The minimum Gasteiger partial charge on any atom is -0.461 e. The summed E-state index contributed by atoms with van der Waals surface area (Å²) in [6.07, 6.45) is 0.842. The van der Waals surface area contributed by atoms with Gasteiger partial charge in [0.2, 0.25) is 0 Å². The predicted octanol–water partition coefficient (Wildman–Crippen LogP) is 2.75. The van der Waals surface area contributed by atoms with Crippen LogP contribution >= 0.6 is 0 Å². The Kier molecular flexibility index (Phi) is 4.57. The third-order valence-corrected chi connectivity index (χ3v) is 4.41. The van der Waals surface area contributed by atoms with Gasteiger partial charge in [0.15, 0.2) is 0 Å². The van der Waals surface area contributed by atoms with Crippen LogP contribution in [0.5, 0.6) is 0 Å². The summed E-state index contributed by atoms with van der Waals surface area (Å²) in [6.45, 7) is 5.25. The first kappa shape index (κ1) is 16.2. The van der Waals surface area contributed by atoms with E-state index in [0.717, 1.165) is 49.7 Å². The molecule has 0 bridgehead atoms. The van der Waals surface area contributed by atoms with Crippen LogP contribution in [0, 0.1) is 6.92 Å². The summed E-state index contributed by atoms with van der Waals surface area (Å²) >= 11 is 0. The average molecular weight is 314 g/mol. The van der Waals surface area contributed by atoms with Crippen LogP contribution in [0.15, 0.2) is 40.8 Å². The molecule has 1 aliphatic rings. The van der Waals surface area contributed by atoms with E-state index in [0.29, 0.717) is 0 Å². The predicted molar refractivity (Wildman–Crippen MR) is 92.3 cm³/mol. The van der Waals surface area contributed by atoms with Crippen LogP contribution in [0.2, 0.25) is 0 Å². The van der Waals surface area contributed by atoms with E-state index >= 15 is 0 Å². The van der Waals surface area contributed by atoms with Gasteiger partial charge in [-0.05, 0) is 45.1 Å². The number of likely N-dealkylation sites (N-methyl/N-ethyl adjacent to an activating group) is 1. The van der Waals surface area contributed by atoms with Crippen molar-refractivity contribution < 1.29 is 9.52 Å². The molecule has 1 saturated heterocycles. The van der Waals surface area contributed by atoms with Gasteiger partial charge in [-0.2, -0.15) is 0 Å². The second-order valence-corrected chi connectivity index (χ2v) is 7.03. The molecular weight excluding hydrogens is 288 g/mol. The Bertz CT molecular complexity index is 648. The molecule has 23 heavy (non-hydrogen) atoms. The van der Waals surface area contributed by atoms with E-state index in [-0.39, 0.29) is 0 Å². The van der Waals surface area contributed by atoms with Crippen LogP contribution in [0.4, 0.5) is 0 Å². The monoisotopic (exact) mass is 314 g/mol. The molecule has 0 aliphatic carbocycles. The number of hydrogen-bond donors (Lipinski definition) is 1. The van der Waals surface area contributed by atoms with Crippen molar-refractivity contribution in [2.24, 2.45) is 0 Å². The average Bonchev–Trinajstić information content (AvgIpc) is 3.06. The highest BCUT2D eigenvalue weighted by Gasteiger charge is 2.36. The molecule has 1 aliphatic heterocycles. The van der Waals surface area contributed by atoms with Crippen LogP contribution < -0.4 is 0 Å². The Hall–Kier alpha value is -1.62. The van der Waals surface area contributed by atoms with Gasteiger partial charge in [-0.15, -0.1) is 0 Å². The number of aliphatic hydroxyl groups is 1. The van der Waals surface area contributed by atoms with E-state index in [1.54, 1.807) is 0 Å². The van der Waals surface area contributed by atoms with E-state index in [1.165, 1.54) is 5.56 Å². The maximum atomic E-state index is 10.6. The molecule has 3 rings (SSSR count). The summed E-state index contributed by atoms with van der Waals surface area (Å²) in [5.74, 6) is 1.84. The van der Waals surface area contributed by atoms with E-state index in [2.05, 4.69) is 34.1 Å². The fraction of sp³-hybridized carbons (Fsp3) is 0.474. The van der Waals surface area contributed by atoms with Gasteiger partial charge in [0.25, 0.3) is 0 Å². The number of aryl methyl sites for hydroxylation is 1. The van der Waals surface area contributed by atoms with E-state index in [4.69, 9.17) is 4.42 Å². The molecule has 124 valence electrons. The highest BCUT2D eigenvalue weighted by Crippen LogP contribution is 2.25. The van der Waals surface area contributed by atoms with E-state index in [9.17, 15) is 5.11 Å². The van der Waals surface area contributed by atoms with Gasteiger partial charge in [0.05, 0.1) is 5.60 Å². The van der Waals surface area contributed by atoms with Crippen LogP contribution in [0.3, 0.4) is 0 Å². The standard InChI is InChI=1S/C19H26N2O2/c1-15-4-9-18(23-15)17-7-5-16(6-8-17)12-21-11-10-19(22,14-21)13-20(2)3/h4-9,22H,10-14H2,1-3H3/t19-/m0/s1. The molecule has 1 N–H and O–H groups in total. The molecule has 0 radical (unpaired) electrons. The lowest BCUT2D eigenvalue weighted by Gasteiger charge is -2.26. The van der Waals surface area contributed by atoms with Gasteiger partial charge < -0.3 is 14.4 Å². The first-order valence-electron chi connectivity index (χ1n) is 8.19. The summed E-state index contributed by atoms with van der Waals surface area (Å²) in [4.78, 5) is 4.39. The lowest BCUT2D eigenvalue weighted by molar-refractivity contribution is 0.0240. The zero-order chi connectivity index (χ0) is 16.4. The fourth-order valence-corrected chi connectivity index (χ4v) is 3.42. The smallest absolute Gasteiger partial charge is 0.134 e. The third kappa shape index (κ3) is 4.02. The number of rotatable bonds is 5. The number of likely N-dealkylation sites (tertiary alicyclic amines) is 1. The van der Waals surface area contributed by atoms with Crippen molar-refractivity contribution in [3.63, 3.8) is 0 Å². The van der Waals surface area contributed by atoms with Crippen LogP contribution in [-0.4, -0.2) is 54.2 Å². The van der Waals surface area contributed by atoms with Gasteiger partial charge in [0.1, 0.15) is 11.5 Å². The Morgan fingerprint density at radius 1 is 1.17 bits per heavy atom. The molecule has 4 heteroatoms. The van der Waals surface area contributed by atoms with E-state index in [1.807, 2.05) is 33.2 Å². The molecule has 0 spiro atoms. The number of nitrogens with zero attached hydrogens (tertiary/aromatic N) is 2. The lowest BCUT2D eigenvalue weighted by Crippen LogP contribution is -2.42. The first-order chi connectivity index (χ1) is 10.9. The van der Waals surface area contributed by atoms with Crippen molar-refractivity contribution in [3.8, 4) is 11.3 Å². The Morgan fingerprint density at radius 3 is 2.52 bits per heavy atom. The summed E-state index contributed by atoms with van der Waals surface area (Å²) in [5, 5.41) is 10.6. The summed E-state index contributed by atoms with van der Waals surface area (Å²) in [5.41, 5.74) is 1.80. The highest BCUT2D eigenvalue weighted by atomic mass is 16.3. The first-order valence-corrected chi connectivity index (χ1v) is 8.19. The van der Waals surface area contributed by atoms with Crippen molar-refractivity contribution in [1.82, 2.24) is 9.80 Å². The lowest BCUT2D eigenvalue weighted by atomic mass is 10.0. The SMILES string of the molecule is Cc1ccc(-c2ccc(CN3CC[C@](O)(CN(C)C)C3)cc2)o1. The largest absolute Gasteiger partial charge is 0.461 e. The highest BCUT2D eigenvalue weighted by molar-refractivity contribution is 5.57. The fourth-order valence-electron chi connectivity index (χ4n) is 3.42. The van der Waals surface area contributed by atoms with Gasteiger partial charge in [0, 0.05) is 31.7 Å². The third-order valence-electron chi connectivity index (χ3n) is 4.41. The maximum Gasteiger partial charge on any atom is 0.134 e. The molecule has 0 unspecified atom stereocenters. The molecular formula is C19H26N2O2. The van der Waals surface area contributed by atoms with Gasteiger partial charge >= 0.3 is 0 Å². The number of furan rings is 1. The maximum absolute atomic E-state index is 10.6. The van der Waals surface area contributed by atoms with Crippen molar-refractivity contribution in [2.75, 3.05) is 33.7 Å². The van der Waals surface area contributed by atoms with Crippen molar-refractivity contribution in [1.29, 1.82) is 0 Å². The van der Waals surface area contributed by atoms with Gasteiger partial charge in [-0.1, -0.05) is 24.3 Å². The summed E-state index contributed by atoms with van der Waals surface area (Å²) < 4.78 is 5.66. The molecule has 4 nitrogen and oxygen atoms in total. The zero-order valence-corrected chi connectivity index (χ0v) is 14.2. The van der Waals surface area contributed by atoms with Crippen LogP contribution in [0.1, 0.15) is 17.7 Å². The normalized spacial score (nSPS) is 22.1. The van der Waals surface area contributed by atoms with Crippen LogP contribution in [0.25, 0.3) is 11.3 Å². The Morgan fingerprint density at radius 2 is 1.91 bits per heavy atom. The minimum absolute atomic E-state index is 0.574. The Balaban J connectivity index is 1.61. The topological polar surface area (TPSA) is 39.9 Å². The molecule has 2 aromatic rings. The molecule has 0 amide bonds. The van der Waals surface area contributed by atoms with Crippen molar-refractivity contribution in [3.05, 3.63) is 47.7 Å². The molecule has 1 fully saturated rings. The molecule has 1 aromatic heterocycles. The van der Waals surface area contributed by atoms with E-state index < -0.39 is 5.60 Å². The summed E-state index contributed by atoms with van der Waals surface area (Å²) in [6, 6.07) is 12.5. The number of benzene rings is 1. The molecule has 0 saturated carbocycles. The van der Waals surface area contributed by atoms with Gasteiger partial charge in [-0.3, -0.25) is 4.90 Å². The van der Waals surface area contributed by atoms with Crippen LogP contribution in [-0.2, 0) is 6.54 Å². The Labute approximate surface area is 138 Å². The number of β-amino-alcohol motifs (C(OH)–C–C–N with tert-alkyl or cyclic N) is 1. The minimum atomic E-state index is -0.574. The van der Waals surface area contributed by atoms with Gasteiger partial charge in [-0.25, -0.2) is 0 Å². The quantitative estimate of drug-likeness (QED) is 0.921. The number of hydrogen-bond acceptors (Lipinski definition) is 4. The summed E-state index contributed by atoms with van der Waals surface area (Å²) in [7, 11) is 4.02. The second-order valence-electron chi connectivity index (χ2n) is 7.03. The van der Waals surface area contributed by atoms with Crippen molar-refractivity contribution >= 4 is 0 Å².